The van der Waals surface area contributed by atoms with Gasteiger partial charge in [-0.2, -0.15) is 0 Å². The minimum absolute atomic E-state index is 0.134. The maximum atomic E-state index is 11.2. The van der Waals surface area contributed by atoms with E-state index >= 15 is 0 Å². The van der Waals surface area contributed by atoms with Crippen molar-refractivity contribution in [1.29, 1.82) is 0 Å². The van der Waals surface area contributed by atoms with Crippen LogP contribution in [0.3, 0.4) is 0 Å². The van der Waals surface area contributed by atoms with E-state index in [9.17, 15) is 9.59 Å². The lowest BCUT2D eigenvalue weighted by Gasteiger charge is -2.12. The molecule has 0 unspecified atom stereocenters. The number of pyridine rings is 1. The average Bonchev–Trinajstić information content (AvgIpc) is 2.34. The molecular weight excluding hydrogens is 244 g/mol. The van der Waals surface area contributed by atoms with E-state index in [1.54, 1.807) is 6.07 Å². The fraction of sp³-hybridized carbons (Fsp3) is 0.214. The summed E-state index contributed by atoms with van der Waals surface area (Å²) in [6, 6.07) is 3.42. The van der Waals surface area contributed by atoms with Gasteiger partial charge < -0.3 is 10.4 Å². The van der Waals surface area contributed by atoms with E-state index in [4.69, 9.17) is 5.11 Å². The zero-order valence-corrected chi connectivity index (χ0v) is 10.9. The van der Waals surface area contributed by atoms with Gasteiger partial charge in [0.1, 0.15) is 0 Å². The number of aryl methyl sites for hydroxylation is 2. The predicted molar refractivity (Wildman–Crippen MR) is 72.5 cm³/mol. The number of nitrogens with zero attached hydrogens (tertiary/aromatic N) is 1. The number of benzene rings is 1. The first kappa shape index (κ1) is 13.0. The van der Waals surface area contributed by atoms with E-state index in [1.807, 2.05) is 19.9 Å². The smallest absolute Gasteiger partial charge is 0.337 e. The monoisotopic (exact) mass is 258 g/mol. The number of carboxylic acid groups (broad SMARTS) is 1. The number of carboxylic acids is 1. The summed E-state index contributed by atoms with van der Waals surface area (Å²) in [4.78, 5) is 26.4. The molecule has 5 heteroatoms. The summed E-state index contributed by atoms with van der Waals surface area (Å²) in [5.41, 5.74) is 3.26. The van der Waals surface area contributed by atoms with Crippen molar-refractivity contribution in [3.8, 4) is 0 Å². The molecule has 0 spiro atoms. The van der Waals surface area contributed by atoms with Crippen LogP contribution in [0.15, 0.2) is 18.3 Å². The summed E-state index contributed by atoms with van der Waals surface area (Å²) < 4.78 is 0. The number of anilines is 1. The zero-order chi connectivity index (χ0) is 14.2. The number of aromatic carboxylic acids is 1. The molecule has 0 saturated heterocycles. The number of hydrogen-bond acceptors (Lipinski definition) is 3. The third-order valence-corrected chi connectivity index (χ3v) is 2.99. The fourth-order valence-corrected chi connectivity index (χ4v) is 2.04. The molecule has 2 N–H and O–H groups in total. The van der Waals surface area contributed by atoms with E-state index in [0.29, 0.717) is 5.69 Å². The molecular formula is C14H14N2O3. The summed E-state index contributed by atoms with van der Waals surface area (Å²) in [6.07, 6.45) is 1.34. The summed E-state index contributed by atoms with van der Waals surface area (Å²) >= 11 is 0. The minimum Gasteiger partial charge on any atom is -0.478 e. The molecule has 0 bridgehead atoms. The van der Waals surface area contributed by atoms with Gasteiger partial charge in [-0.15, -0.1) is 0 Å². The number of aromatic nitrogens is 1. The normalized spacial score (nSPS) is 10.5. The van der Waals surface area contributed by atoms with Gasteiger partial charge in [0, 0.05) is 24.2 Å². The molecule has 0 aliphatic heterocycles. The second-order valence-electron chi connectivity index (χ2n) is 4.47. The first-order chi connectivity index (χ1) is 8.90. The summed E-state index contributed by atoms with van der Waals surface area (Å²) in [7, 11) is 0. The Hall–Kier alpha value is -2.43. The first-order valence-electron chi connectivity index (χ1n) is 5.81. The quantitative estimate of drug-likeness (QED) is 0.867. The molecule has 0 fully saturated rings. The lowest BCUT2D eigenvalue weighted by atomic mass is 10.0. The largest absolute Gasteiger partial charge is 0.478 e. The number of fused-ring (bicyclic) bond motifs is 1. The van der Waals surface area contributed by atoms with Gasteiger partial charge in [-0.25, -0.2) is 4.79 Å². The molecule has 1 amide bonds. The van der Waals surface area contributed by atoms with Gasteiger partial charge in [-0.1, -0.05) is 0 Å². The first-order valence-corrected chi connectivity index (χ1v) is 5.81. The molecule has 2 aromatic rings. The van der Waals surface area contributed by atoms with Crippen LogP contribution < -0.4 is 5.32 Å². The lowest BCUT2D eigenvalue weighted by Crippen LogP contribution is -2.08. The van der Waals surface area contributed by atoms with Gasteiger partial charge in [-0.05, 0) is 37.1 Å². The number of rotatable bonds is 2. The standard InChI is InChI=1S/C14H14N2O3/c1-7-4-12(16-9(3)17)8(2)11-5-10(14(18)19)6-15-13(7)11/h4-6H,1-3H3,(H,16,17)(H,18,19). The molecule has 1 aromatic heterocycles. The third kappa shape index (κ3) is 2.40. The Morgan fingerprint density at radius 1 is 1.26 bits per heavy atom. The molecule has 0 radical (unpaired) electrons. The zero-order valence-electron chi connectivity index (χ0n) is 10.9. The Bertz CT molecular complexity index is 693. The lowest BCUT2D eigenvalue weighted by molar-refractivity contribution is -0.114. The van der Waals surface area contributed by atoms with Gasteiger partial charge in [0.2, 0.25) is 5.91 Å². The average molecular weight is 258 g/mol. The Balaban J connectivity index is 2.73. The van der Waals surface area contributed by atoms with Crippen molar-refractivity contribution < 1.29 is 14.7 Å². The molecule has 0 saturated carbocycles. The predicted octanol–water partition coefficient (Wildman–Crippen LogP) is 2.51. The number of nitrogens with one attached hydrogen (secondary N) is 1. The van der Waals surface area contributed by atoms with Gasteiger partial charge in [0.05, 0.1) is 11.1 Å². The van der Waals surface area contributed by atoms with Crippen LogP contribution in [0.5, 0.6) is 0 Å². The highest BCUT2D eigenvalue weighted by Crippen LogP contribution is 2.28. The van der Waals surface area contributed by atoms with E-state index < -0.39 is 5.97 Å². The molecule has 1 heterocycles. The van der Waals surface area contributed by atoms with Crippen LogP contribution in [0.4, 0.5) is 5.69 Å². The summed E-state index contributed by atoms with van der Waals surface area (Å²) in [5.74, 6) is -1.18. The van der Waals surface area contributed by atoms with Crippen LogP contribution >= 0.6 is 0 Å². The van der Waals surface area contributed by atoms with Crippen LogP contribution in [0.2, 0.25) is 0 Å². The number of amides is 1. The molecule has 98 valence electrons. The molecule has 0 aliphatic rings. The fourth-order valence-electron chi connectivity index (χ4n) is 2.04. The molecule has 2 rings (SSSR count). The maximum absolute atomic E-state index is 11.2. The highest BCUT2D eigenvalue weighted by molar-refractivity contribution is 5.99. The van der Waals surface area contributed by atoms with Crippen LogP contribution in [-0.2, 0) is 4.79 Å². The molecule has 1 aromatic carbocycles. The second kappa shape index (κ2) is 4.68. The van der Waals surface area contributed by atoms with Gasteiger partial charge in [0.15, 0.2) is 0 Å². The Morgan fingerprint density at radius 2 is 1.95 bits per heavy atom. The molecule has 0 aliphatic carbocycles. The van der Waals surface area contributed by atoms with Gasteiger partial charge >= 0.3 is 5.97 Å². The van der Waals surface area contributed by atoms with E-state index in [0.717, 1.165) is 22.0 Å². The SMILES string of the molecule is CC(=O)Nc1cc(C)c2ncc(C(=O)O)cc2c1C. The molecule has 5 nitrogen and oxygen atoms in total. The van der Waals surface area contributed by atoms with E-state index in [1.165, 1.54) is 13.1 Å². The topological polar surface area (TPSA) is 79.3 Å². The third-order valence-electron chi connectivity index (χ3n) is 2.99. The van der Waals surface area contributed by atoms with Crippen LogP contribution in [0.25, 0.3) is 10.9 Å². The van der Waals surface area contributed by atoms with Crippen molar-refractivity contribution in [2.45, 2.75) is 20.8 Å². The molecule has 19 heavy (non-hydrogen) atoms. The van der Waals surface area contributed by atoms with Crippen molar-refractivity contribution in [2.24, 2.45) is 0 Å². The van der Waals surface area contributed by atoms with Crippen molar-refractivity contribution in [3.05, 3.63) is 35.0 Å². The highest BCUT2D eigenvalue weighted by atomic mass is 16.4. The number of carbonyl (C=O) groups excluding carboxylic acids is 1. The minimum atomic E-state index is -1.02. The number of carbonyl (C=O) groups is 2. The van der Waals surface area contributed by atoms with E-state index in [2.05, 4.69) is 10.3 Å². The van der Waals surface area contributed by atoms with Crippen LogP contribution in [0, 0.1) is 13.8 Å². The van der Waals surface area contributed by atoms with Crippen molar-refractivity contribution in [2.75, 3.05) is 5.32 Å². The van der Waals surface area contributed by atoms with E-state index in [-0.39, 0.29) is 11.5 Å². The van der Waals surface area contributed by atoms with Crippen LogP contribution in [-0.4, -0.2) is 22.0 Å². The summed E-state index contributed by atoms with van der Waals surface area (Å²) in [5, 5.41) is 12.5. The Kier molecular flexibility index (Phi) is 3.21. The van der Waals surface area contributed by atoms with Crippen LogP contribution in [0.1, 0.15) is 28.4 Å². The molecule has 0 atom stereocenters. The Morgan fingerprint density at radius 3 is 2.53 bits per heavy atom. The summed E-state index contributed by atoms with van der Waals surface area (Å²) in [6.45, 7) is 5.14. The maximum Gasteiger partial charge on any atom is 0.337 e. The van der Waals surface area contributed by atoms with Crippen molar-refractivity contribution in [1.82, 2.24) is 4.98 Å². The van der Waals surface area contributed by atoms with Gasteiger partial charge in [-0.3, -0.25) is 9.78 Å². The Labute approximate surface area is 110 Å². The second-order valence-corrected chi connectivity index (χ2v) is 4.47. The number of hydrogen-bond donors (Lipinski definition) is 2. The van der Waals surface area contributed by atoms with Crippen molar-refractivity contribution in [3.63, 3.8) is 0 Å². The highest BCUT2D eigenvalue weighted by Gasteiger charge is 2.12. The van der Waals surface area contributed by atoms with Crippen molar-refractivity contribution >= 4 is 28.5 Å². The van der Waals surface area contributed by atoms with Gasteiger partial charge in [0.25, 0.3) is 0 Å².